The summed E-state index contributed by atoms with van der Waals surface area (Å²) >= 11 is 0. The SMILES string of the molecule is CC(NC(=O)c1cccc(-c2cnn(C)c2)c1)C(=O)O. The number of nitrogens with zero attached hydrogens (tertiary/aromatic N) is 2. The van der Waals surface area contributed by atoms with Crippen LogP contribution in [0.25, 0.3) is 11.1 Å². The fraction of sp³-hybridized carbons (Fsp3) is 0.214. The van der Waals surface area contributed by atoms with Gasteiger partial charge in [-0.15, -0.1) is 0 Å². The molecule has 0 bridgehead atoms. The molecule has 0 fully saturated rings. The van der Waals surface area contributed by atoms with Gasteiger partial charge in [-0.2, -0.15) is 5.10 Å². The largest absolute Gasteiger partial charge is 0.480 e. The number of hydrogen-bond acceptors (Lipinski definition) is 3. The monoisotopic (exact) mass is 273 g/mol. The van der Waals surface area contributed by atoms with E-state index in [1.165, 1.54) is 6.92 Å². The summed E-state index contributed by atoms with van der Waals surface area (Å²) in [5.74, 6) is -1.48. The van der Waals surface area contributed by atoms with Crippen molar-refractivity contribution in [1.82, 2.24) is 15.1 Å². The molecule has 0 radical (unpaired) electrons. The fourth-order valence-electron chi connectivity index (χ4n) is 1.75. The van der Waals surface area contributed by atoms with E-state index in [-0.39, 0.29) is 0 Å². The number of carboxylic acids is 1. The summed E-state index contributed by atoms with van der Waals surface area (Å²) in [4.78, 5) is 22.7. The number of amides is 1. The van der Waals surface area contributed by atoms with Crippen LogP contribution in [0.15, 0.2) is 36.7 Å². The second kappa shape index (κ2) is 5.56. The van der Waals surface area contributed by atoms with E-state index >= 15 is 0 Å². The lowest BCUT2D eigenvalue weighted by Crippen LogP contribution is -2.38. The summed E-state index contributed by atoms with van der Waals surface area (Å²) in [6.45, 7) is 1.42. The quantitative estimate of drug-likeness (QED) is 0.879. The predicted molar refractivity (Wildman–Crippen MR) is 73.2 cm³/mol. The van der Waals surface area contributed by atoms with Gasteiger partial charge in [-0.05, 0) is 24.6 Å². The van der Waals surface area contributed by atoms with E-state index in [9.17, 15) is 9.59 Å². The van der Waals surface area contributed by atoms with Gasteiger partial charge < -0.3 is 10.4 Å². The van der Waals surface area contributed by atoms with E-state index < -0.39 is 17.9 Å². The normalized spacial score (nSPS) is 11.9. The first-order valence-electron chi connectivity index (χ1n) is 6.10. The molecule has 20 heavy (non-hydrogen) atoms. The number of nitrogens with one attached hydrogen (secondary N) is 1. The van der Waals surface area contributed by atoms with Gasteiger partial charge in [0.1, 0.15) is 6.04 Å². The second-order valence-corrected chi connectivity index (χ2v) is 4.52. The van der Waals surface area contributed by atoms with Gasteiger partial charge in [0.15, 0.2) is 0 Å². The molecule has 2 rings (SSSR count). The van der Waals surface area contributed by atoms with Crippen molar-refractivity contribution in [3.8, 4) is 11.1 Å². The minimum Gasteiger partial charge on any atom is -0.480 e. The highest BCUT2D eigenvalue weighted by Gasteiger charge is 2.15. The zero-order valence-corrected chi connectivity index (χ0v) is 11.2. The van der Waals surface area contributed by atoms with Gasteiger partial charge >= 0.3 is 5.97 Å². The molecule has 0 aliphatic rings. The minimum atomic E-state index is -1.07. The van der Waals surface area contributed by atoms with Crippen molar-refractivity contribution in [2.45, 2.75) is 13.0 Å². The number of carbonyl (C=O) groups is 2. The molecule has 6 heteroatoms. The van der Waals surface area contributed by atoms with Gasteiger partial charge in [0.25, 0.3) is 5.91 Å². The molecule has 104 valence electrons. The Hall–Kier alpha value is -2.63. The third-order valence-corrected chi connectivity index (χ3v) is 2.88. The van der Waals surface area contributed by atoms with Gasteiger partial charge in [-0.1, -0.05) is 12.1 Å². The first kappa shape index (κ1) is 13.8. The number of aliphatic carboxylic acids is 1. The molecule has 0 aliphatic carbocycles. The van der Waals surface area contributed by atoms with Gasteiger partial charge in [-0.25, -0.2) is 0 Å². The van der Waals surface area contributed by atoms with Crippen molar-refractivity contribution in [3.05, 3.63) is 42.2 Å². The van der Waals surface area contributed by atoms with Gasteiger partial charge in [0.05, 0.1) is 6.20 Å². The molecule has 1 amide bonds. The average molecular weight is 273 g/mol. The van der Waals surface area contributed by atoms with E-state index in [0.29, 0.717) is 5.56 Å². The first-order valence-corrected chi connectivity index (χ1v) is 6.10. The Balaban J connectivity index is 2.21. The summed E-state index contributed by atoms with van der Waals surface area (Å²) in [5.41, 5.74) is 2.17. The van der Waals surface area contributed by atoms with E-state index in [1.54, 1.807) is 29.1 Å². The minimum absolute atomic E-state index is 0.411. The van der Waals surface area contributed by atoms with Crippen molar-refractivity contribution >= 4 is 11.9 Å². The molecule has 1 aromatic carbocycles. The molecule has 2 N–H and O–H groups in total. The van der Waals surface area contributed by atoms with Crippen molar-refractivity contribution in [2.24, 2.45) is 7.05 Å². The zero-order valence-electron chi connectivity index (χ0n) is 11.2. The Morgan fingerprint density at radius 2 is 2.10 bits per heavy atom. The van der Waals surface area contributed by atoms with E-state index in [0.717, 1.165) is 11.1 Å². The number of rotatable bonds is 4. The summed E-state index contributed by atoms with van der Waals surface area (Å²) in [6.07, 6.45) is 3.55. The van der Waals surface area contributed by atoms with E-state index in [1.807, 2.05) is 19.3 Å². The van der Waals surface area contributed by atoms with E-state index in [2.05, 4.69) is 10.4 Å². The van der Waals surface area contributed by atoms with Crippen molar-refractivity contribution in [2.75, 3.05) is 0 Å². The Morgan fingerprint density at radius 3 is 2.70 bits per heavy atom. The molecular formula is C14H15N3O3. The van der Waals surface area contributed by atoms with Gasteiger partial charge in [0.2, 0.25) is 0 Å². The number of carboxylic acid groups (broad SMARTS) is 1. The van der Waals surface area contributed by atoms with Gasteiger partial charge in [0, 0.05) is 24.4 Å². The average Bonchev–Trinajstić information content (AvgIpc) is 2.85. The lowest BCUT2D eigenvalue weighted by Gasteiger charge is -2.09. The van der Waals surface area contributed by atoms with Crippen LogP contribution in [-0.4, -0.2) is 32.8 Å². The summed E-state index contributed by atoms with van der Waals surface area (Å²) < 4.78 is 1.68. The number of hydrogen-bond donors (Lipinski definition) is 2. The molecule has 0 saturated heterocycles. The molecule has 1 atom stereocenters. The summed E-state index contributed by atoms with van der Waals surface area (Å²) in [6, 6.07) is 6.05. The number of aromatic nitrogens is 2. The van der Waals surface area contributed by atoms with Crippen LogP contribution in [0.4, 0.5) is 0 Å². The molecule has 2 aromatic rings. The Bertz CT molecular complexity index is 649. The molecule has 0 aliphatic heterocycles. The Labute approximate surface area is 116 Å². The van der Waals surface area contributed by atoms with Crippen LogP contribution in [0.1, 0.15) is 17.3 Å². The number of benzene rings is 1. The highest BCUT2D eigenvalue weighted by molar-refractivity contribution is 5.97. The maximum absolute atomic E-state index is 12.0. The number of aryl methyl sites for hydroxylation is 1. The second-order valence-electron chi connectivity index (χ2n) is 4.52. The van der Waals surface area contributed by atoms with Crippen molar-refractivity contribution in [1.29, 1.82) is 0 Å². The van der Waals surface area contributed by atoms with Crippen LogP contribution in [0.3, 0.4) is 0 Å². The van der Waals surface area contributed by atoms with Crippen molar-refractivity contribution in [3.63, 3.8) is 0 Å². The Kier molecular flexibility index (Phi) is 3.84. The maximum atomic E-state index is 12.0. The third-order valence-electron chi connectivity index (χ3n) is 2.88. The maximum Gasteiger partial charge on any atom is 0.325 e. The van der Waals surface area contributed by atoms with Gasteiger partial charge in [-0.3, -0.25) is 14.3 Å². The van der Waals surface area contributed by atoms with Crippen LogP contribution < -0.4 is 5.32 Å². The molecule has 1 aromatic heterocycles. The predicted octanol–water partition coefficient (Wildman–Crippen LogP) is 1.29. The molecular weight excluding hydrogens is 258 g/mol. The molecule has 1 heterocycles. The van der Waals surface area contributed by atoms with E-state index in [4.69, 9.17) is 5.11 Å². The smallest absolute Gasteiger partial charge is 0.325 e. The van der Waals surface area contributed by atoms with Crippen LogP contribution in [-0.2, 0) is 11.8 Å². The fourth-order valence-corrected chi connectivity index (χ4v) is 1.75. The molecule has 6 nitrogen and oxygen atoms in total. The van der Waals surface area contributed by atoms with Crippen LogP contribution in [0, 0.1) is 0 Å². The Morgan fingerprint density at radius 1 is 1.35 bits per heavy atom. The molecule has 1 unspecified atom stereocenters. The van der Waals surface area contributed by atoms with Crippen LogP contribution >= 0.6 is 0 Å². The van der Waals surface area contributed by atoms with Crippen molar-refractivity contribution < 1.29 is 14.7 Å². The standard InChI is InChI=1S/C14H15N3O3/c1-9(14(19)20)16-13(18)11-5-3-4-10(6-11)12-7-15-17(2)8-12/h3-9H,1-2H3,(H,16,18)(H,19,20). The lowest BCUT2D eigenvalue weighted by molar-refractivity contribution is -0.138. The zero-order chi connectivity index (χ0) is 14.7. The first-order chi connectivity index (χ1) is 9.47. The summed E-state index contributed by atoms with van der Waals surface area (Å²) in [5, 5.41) is 15.3. The number of carbonyl (C=O) groups excluding carboxylic acids is 1. The third kappa shape index (κ3) is 3.03. The highest BCUT2D eigenvalue weighted by Crippen LogP contribution is 2.19. The lowest BCUT2D eigenvalue weighted by atomic mass is 10.1. The topological polar surface area (TPSA) is 84.2 Å². The van der Waals surface area contributed by atoms with Crippen LogP contribution in [0.2, 0.25) is 0 Å². The molecule has 0 spiro atoms. The summed E-state index contributed by atoms with van der Waals surface area (Å²) in [7, 11) is 1.81. The molecule has 0 saturated carbocycles. The van der Waals surface area contributed by atoms with Crippen LogP contribution in [0.5, 0.6) is 0 Å². The highest BCUT2D eigenvalue weighted by atomic mass is 16.4.